The number of hydrogen-bond donors (Lipinski definition) is 3. The summed E-state index contributed by atoms with van der Waals surface area (Å²) in [5.41, 5.74) is -0.591. The first-order valence-corrected chi connectivity index (χ1v) is 7.48. The molecule has 0 aliphatic carbocycles. The van der Waals surface area contributed by atoms with Gasteiger partial charge in [0.05, 0.1) is 11.1 Å². The Bertz CT molecular complexity index is 830. The number of para-hydroxylation sites is 1. The molecule has 3 N–H and O–H groups in total. The molecule has 0 amide bonds. The smallest absolute Gasteiger partial charge is 0.337 e. The first-order chi connectivity index (χ1) is 10.3. The van der Waals surface area contributed by atoms with E-state index in [-0.39, 0.29) is 11.3 Å². The van der Waals surface area contributed by atoms with Crippen molar-refractivity contribution in [1.29, 1.82) is 0 Å². The van der Waals surface area contributed by atoms with Gasteiger partial charge in [-0.3, -0.25) is 4.72 Å². The number of rotatable bonds is 5. The van der Waals surface area contributed by atoms with Crippen molar-refractivity contribution in [1.82, 2.24) is 0 Å². The van der Waals surface area contributed by atoms with E-state index in [1.165, 1.54) is 12.1 Å². The van der Waals surface area contributed by atoms with Crippen molar-refractivity contribution in [3.8, 4) is 0 Å². The van der Waals surface area contributed by atoms with Gasteiger partial charge >= 0.3 is 11.9 Å². The molecule has 0 aromatic heterocycles. The summed E-state index contributed by atoms with van der Waals surface area (Å²) < 4.78 is 26.9. The Morgan fingerprint density at radius 3 is 2.09 bits per heavy atom. The molecule has 0 radical (unpaired) electrons. The van der Waals surface area contributed by atoms with E-state index in [4.69, 9.17) is 10.2 Å². The number of carboxylic acid groups (broad SMARTS) is 2. The number of aromatic carboxylic acids is 2. The molecule has 0 bridgehead atoms. The molecule has 0 aliphatic heterocycles. The van der Waals surface area contributed by atoms with Crippen LogP contribution in [-0.4, -0.2) is 30.6 Å². The van der Waals surface area contributed by atoms with Crippen LogP contribution in [0.15, 0.2) is 53.4 Å². The van der Waals surface area contributed by atoms with Gasteiger partial charge in [-0.25, -0.2) is 18.0 Å². The lowest BCUT2D eigenvalue weighted by Gasteiger charge is -2.11. The molecule has 2 aromatic rings. The highest BCUT2D eigenvalue weighted by molar-refractivity contribution is 7.92. The average molecular weight is 321 g/mol. The molecule has 8 heteroatoms. The third kappa shape index (κ3) is 3.23. The molecule has 114 valence electrons. The van der Waals surface area contributed by atoms with E-state index in [1.54, 1.807) is 18.2 Å². The summed E-state index contributed by atoms with van der Waals surface area (Å²) in [7, 11) is -4.24. The molecule has 0 saturated carbocycles. The minimum atomic E-state index is -4.24. The fraction of sp³-hybridized carbons (Fsp3) is 0. The van der Waals surface area contributed by atoms with E-state index in [2.05, 4.69) is 4.72 Å². The van der Waals surface area contributed by atoms with Crippen molar-refractivity contribution in [3.05, 3.63) is 59.7 Å². The van der Waals surface area contributed by atoms with Crippen LogP contribution in [0.4, 0.5) is 5.69 Å². The van der Waals surface area contributed by atoms with Crippen molar-refractivity contribution in [2.45, 2.75) is 4.90 Å². The summed E-state index contributed by atoms with van der Waals surface area (Å²) >= 11 is 0. The van der Waals surface area contributed by atoms with Crippen LogP contribution in [0.5, 0.6) is 0 Å². The molecule has 0 spiro atoms. The third-order valence-electron chi connectivity index (χ3n) is 2.77. The molecule has 22 heavy (non-hydrogen) atoms. The Labute approximate surface area is 125 Å². The summed E-state index contributed by atoms with van der Waals surface area (Å²) in [5, 5.41) is 18.0. The van der Waals surface area contributed by atoms with Gasteiger partial charge < -0.3 is 10.2 Å². The molecule has 0 heterocycles. The Morgan fingerprint density at radius 2 is 1.55 bits per heavy atom. The van der Waals surface area contributed by atoms with Crippen LogP contribution in [0, 0.1) is 0 Å². The zero-order chi connectivity index (χ0) is 16.3. The second-order valence-electron chi connectivity index (χ2n) is 4.29. The van der Waals surface area contributed by atoms with Crippen LogP contribution in [-0.2, 0) is 10.0 Å². The molecule has 0 unspecified atom stereocenters. The number of carbonyl (C=O) groups is 2. The van der Waals surface area contributed by atoms with Crippen LogP contribution in [0.1, 0.15) is 20.7 Å². The van der Waals surface area contributed by atoms with Gasteiger partial charge in [0.2, 0.25) is 0 Å². The van der Waals surface area contributed by atoms with E-state index in [9.17, 15) is 18.0 Å². The van der Waals surface area contributed by atoms with Gasteiger partial charge in [0, 0.05) is 5.69 Å². The van der Waals surface area contributed by atoms with Crippen LogP contribution >= 0.6 is 0 Å². The SMILES string of the molecule is O=C(O)c1ccc(C(=O)O)c(S(=O)(=O)Nc2ccccc2)c1. The highest BCUT2D eigenvalue weighted by Gasteiger charge is 2.24. The zero-order valence-corrected chi connectivity index (χ0v) is 11.9. The first kappa shape index (κ1) is 15.5. The van der Waals surface area contributed by atoms with Gasteiger partial charge in [0.1, 0.15) is 4.90 Å². The van der Waals surface area contributed by atoms with Crippen LogP contribution in [0.3, 0.4) is 0 Å². The summed E-state index contributed by atoms with van der Waals surface area (Å²) in [6.45, 7) is 0. The van der Waals surface area contributed by atoms with E-state index < -0.39 is 32.4 Å². The quantitative estimate of drug-likeness (QED) is 0.773. The molecule has 2 aromatic carbocycles. The van der Waals surface area contributed by atoms with Gasteiger partial charge in [-0.2, -0.15) is 0 Å². The van der Waals surface area contributed by atoms with E-state index >= 15 is 0 Å². The van der Waals surface area contributed by atoms with Crippen molar-refractivity contribution < 1.29 is 28.2 Å². The topological polar surface area (TPSA) is 121 Å². The van der Waals surface area contributed by atoms with Crippen LogP contribution in [0.25, 0.3) is 0 Å². The molecule has 7 nitrogen and oxygen atoms in total. The summed E-state index contributed by atoms with van der Waals surface area (Å²) in [6.07, 6.45) is 0. The normalized spacial score (nSPS) is 10.9. The van der Waals surface area contributed by atoms with Gasteiger partial charge in [-0.1, -0.05) is 18.2 Å². The molecule has 0 aliphatic rings. The van der Waals surface area contributed by atoms with E-state index in [0.29, 0.717) is 0 Å². The Hall–Kier alpha value is -2.87. The maximum Gasteiger partial charge on any atom is 0.337 e. The molecule has 0 fully saturated rings. The van der Waals surface area contributed by atoms with Gasteiger partial charge in [0.15, 0.2) is 0 Å². The largest absolute Gasteiger partial charge is 0.478 e. The first-order valence-electron chi connectivity index (χ1n) is 6.00. The second kappa shape index (κ2) is 5.86. The number of hydrogen-bond acceptors (Lipinski definition) is 4. The lowest BCUT2D eigenvalue weighted by molar-refractivity contribution is 0.0678. The standard InChI is InChI=1S/C14H11NO6S/c16-13(17)9-6-7-11(14(18)19)12(8-9)22(20,21)15-10-4-2-1-3-5-10/h1-8,15H,(H,16,17)(H,18,19). The molecule has 2 rings (SSSR count). The number of carboxylic acids is 2. The van der Waals surface area contributed by atoms with Gasteiger partial charge in [-0.15, -0.1) is 0 Å². The Balaban J connectivity index is 2.55. The van der Waals surface area contributed by atoms with Crippen molar-refractivity contribution in [3.63, 3.8) is 0 Å². The van der Waals surface area contributed by atoms with Gasteiger partial charge in [-0.05, 0) is 30.3 Å². The summed E-state index contributed by atoms with van der Waals surface area (Å²) in [6, 6.07) is 10.7. The minimum absolute atomic E-state index is 0.236. The van der Waals surface area contributed by atoms with E-state index in [0.717, 1.165) is 18.2 Å². The van der Waals surface area contributed by atoms with Gasteiger partial charge in [0.25, 0.3) is 10.0 Å². The molecule has 0 atom stereocenters. The fourth-order valence-corrected chi connectivity index (χ4v) is 3.05. The van der Waals surface area contributed by atoms with Crippen LogP contribution < -0.4 is 4.72 Å². The predicted octanol–water partition coefficient (Wildman–Crippen LogP) is 1.88. The monoisotopic (exact) mass is 321 g/mol. The Kier molecular flexibility index (Phi) is 4.13. The lowest BCUT2D eigenvalue weighted by atomic mass is 10.1. The number of nitrogens with one attached hydrogen (secondary N) is 1. The zero-order valence-electron chi connectivity index (χ0n) is 11.1. The van der Waals surface area contributed by atoms with Crippen molar-refractivity contribution in [2.75, 3.05) is 4.72 Å². The average Bonchev–Trinajstić information content (AvgIpc) is 2.47. The Morgan fingerprint density at radius 1 is 0.909 bits per heavy atom. The molecular weight excluding hydrogens is 310 g/mol. The highest BCUT2D eigenvalue weighted by Crippen LogP contribution is 2.21. The fourth-order valence-electron chi connectivity index (χ4n) is 1.77. The summed E-state index contributed by atoms with van der Waals surface area (Å²) in [4.78, 5) is 21.5. The van der Waals surface area contributed by atoms with E-state index in [1.807, 2.05) is 0 Å². The maximum absolute atomic E-state index is 12.3. The predicted molar refractivity (Wildman–Crippen MR) is 77.6 cm³/mol. The van der Waals surface area contributed by atoms with Crippen LogP contribution in [0.2, 0.25) is 0 Å². The molecular formula is C14H11NO6S. The lowest BCUT2D eigenvalue weighted by Crippen LogP contribution is -2.17. The highest BCUT2D eigenvalue weighted by atomic mass is 32.2. The maximum atomic E-state index is 12.3. The van der Waals surface area contributed by atoms with Crippen molar-refractivity contribution in [2.24, 2.45) is 0 Å². The van der Waals surface area contributed by atoms with Crippen molar-refractivity contribution >= 4 is 27.6 Å². The number of anilines is 1. The third-order valence-corrected chi connectivity index (χ3v) is 4.20. The molecule has 0 saturated heterocycles. The summed E-state index contributed by atoms with van der Waals surface area (Å²) in [5.74, 6) is -2.82. The second-order valence-corrected chi connectivity index (χ2v) is 5.94. The minimum Gasteiger partial charge on any atom is -0.478 e. The number of sulfonamides is 1. The number of benzene rings is 2.